The zero-order valence-electron chi connectivity index (χ0n) is 7.26. The highest BCUT2D eigenvalue weighted by molar-refractivity contribution is 6.24. The van der Waals surface area contributed by atoms with E-state index in [4.69, 9.17) is 16.7 Å². The lowest BCUT2D eigenvalue weighted by molar-refractivity contribution is 0.185. The number of nitrogens with one attached hydrogen (secondary N) is 1. The lowest BCUT2D eigenvalue weighted by Gasteiger charge is -2.24. The molecule has 0 spiro atoms. The Labute approximate surface area is 83.9 Å². The summed E-state index contributed by atoms with van der Waals surface area (Å²) in [4.78, 5) is 9.49. The Balaban J connectivity index is 0. The summed E-state index contributed by atoms with van der Waals surface area (Å²) in [7, 11) is 0. The van der Waals surface area contributed by atoms with Crippen LogP contribution in [0.4, 0.5) is 4.79 Å². The van der Waals surface area contributed by atoms with E-state index in [2.05, 4.69) is 5.32 Å². The van der Waals surface area contributed by atoms with Gasteiger partial charge in [-0.25, -0.2) is 4.79 Å². The van der Waals surface area contributed by atoms with Gasteiger partial charge >= 0.3 is 6.09 Å². The molecule has 0 aromatic rings. The average Bonchev–Trinajstić information content (AvgIpc) is 1.87. The van der Waals surface area contributed by atoms with Gasteiger partial charge in [-0.05, 0) is 12.8 Å². The summed E-state index contributed by atoms with van der Waals surface area (Å²) in [6.07, 6.45) is 1.08. The first kappa shape index (κ1) is 14.4. The molecule has 0 heterocycles. The fraction of sp³-hybridized carbons (Fsp3) is 0.857. The molecule has 2 N–H and O–H groups in total. The van der Waals surface area contributed by atoms with Crippen molar-refractivity contribution in [3.8, 4) is 0 Å². The molecule has 0 aromatic heterocycles. The van der Waals surface area contributed by atoms with Crippen LogP contribution in [0.3, 0.4) is 0 Å². The van der Waals surface area contributed by atoms with Gasteiger partial charge in [0.25, 0.3) is 0 Å². The van der Waals surface area contributed by atoms with Gasteiger partial charge in [0.05, 0.1) is 0 Å². The van der Waals surface area contributed by atoms with Gasteiger partial charge in [0.2, 0.25) is 0 Å². The molecule has 0 aliphatic rings. The molecule has 74 valence electrons. The van der Waals surface area contributed by atoms with E-state index in [1.165, 1.54) is 0 Å². The van der Waals surface area contributed by atoms with Crippen molar-refractivity contribution < 1.29 is 9.90 Å². The molecule has 0 fully saturated rings. The summed E-state index contributed by atoms with van der Waals surface area (Å²) < 4.78 is 0. The van der Waals surface area contributed by atoms with E-state index in [9.17, 15) is 4.79 Å². The lowest BCUT2D eigenvalue weighted by atomic mass is 10.1. The Morgan fingerprint density at radius 2 is 2.08 bits per heavy atom. The van der Waals surface area contributed by atoms with Crippen LogP contribution in [0.1, 0.15) is 33.1 Å². The fourth-order valence-electron chi connectivity index (χ4n) is 0.916. The number of halogens is 2. The molecule has 5 heteroatoms. The molecule has 0 saturated carbocycles. The van der Waals surface area contributed by atoms with Crippen molar-refractivity contribution in [1.29, 1.82) is 0 Å². The predicted molar refractivity (Wildman–Crippen MR) is 52.2 cm³/mol. The van der Waals surface area contributed by atoms with Crippen molar-refractivity contribution in [2.24, 2.45) is 0 Å². The second kappa shape index (κ2) is 6.38. The van der Waals surface area contributed by atoms with Crippen LogP contribution < -0.4 is 5.32 Å². The van der Waals surface area contributed by atoms with E-state index in [1.54, 1.807) is 0 Å². The SMILES string of the molecule is CCCC(Cl)(CC)NC(=O)O.Cl. The van der Waals surface area contributed by atoms with Crippen LogP contribution in [0.2, 0.25) is 0 Å². The quantitative estimate of drug-likeness (QED) is 0.560. The minimum atomic E-state index is -1.06. The van der Waals surface area contributed by atoms with Crippen LogP contribution in [0.25, 0.3) is 0 Å². The highest BCUT2D eigenvalue weighted by atomic mass is 35.5. The molecule has 3 nitrogen and oxygen atoms in total. The van der Waals surface area contributed by atoms with E-state index in [0.717, 1.165) is 6.42 Å². The van der Waals surface area contributed by atoms with E-state index < -0.39 is 11.1 Å². The second-order valence-corrected chi connectivity index (χ2v) is 3.22. The summed E-state index contributed by atoms with van der Waals surface area (Å²) in [6, 6.07) is 0. The molecule has 0 aliphatic carbocycles. The van der Waals surface area contributed by atoms with Crippen molar-refractivity contribution in [2.45, 2.75) is 38.1 Å². The first-order valence-electron chi connectivity index (χ1n) is 3.74. The molecule has 12 heavy (non-hydrogen) atoms. The van der Waals surface area contributed by atoms with Gasteiger partial charge in [-0.1, -0.05) is 31.9 Å². The van der Waals surface area contributed by atoms with Crippen LogP contribution in [0.15, 0.2) is 0 Å². The van der Waals surface area contributed by atoms with Crippen LogP contribution in [0, 0.1) is 0 Å². The molecular weight excluding hydrogens is 201 g/mol. The Bertz CT molecular complexity index is 143. The van der Waals surface area contributed by atoms with E-state index in [0.29, 0.717) is 12.8 Å². The minimum absolute atomic E-state index is 0. The van der Waals surface area contributed by atoms with Crippen molar-refractivity contribution >= 4 is 30.1 Å². The van der Waals surface area contributed by atoms with Crippen LogP contribution in [0.5, 0.6) is 0 Å². The second-order valence-electron chi connectivity index (χ2n) is 2.50. The molecule has 0 aromatic carbocycles. The fourth-order valence-corrected chi connectivity index (χ4v) is 1.19. The Morgan fingerprint density at radius 3 is 2.33 bits per heavy atom. The van der Waals surface area contributed by atoms with Crippen molar-refractivity contribution in [3.63, 3.8) is 0 Å². The number of hydrogen-bond donors (Lipinski definition) is 2. The summed E-state index contributed by atoms with van der Waals surface area (Å²) in [5.41, 5.74) is 0. The van der Waals surface area contributed by atoms with Crippen LogP contribution in [-0.4, -0.2) is 16.2 Å². The van der Waals surface area contributed by atoms with Gasteiger partial charge in [0.1, 0.15) is 5.00 Å². The topological polar surface area (TPSA) is 49.3 Å². The number of hydrogen-bond acceptors (Lipinski definition) is 1. The van der Waals surface area contributed by atoms with Gasteiger partial charge < -0.3 is 10.4 Å². The van der Waals surface area contributed by atoms with Crippen LogP contribution in [-0.2, 0) is 0 Å². The Morgan fingerprint density at radius 1 is 1.58 bits per heavy atom. The molecule has 0 bridgehead atoms. The Kier molecular flexibility index (Phi) is 7.64. The number of amides is 1. The van der Waals surface area contributed by atoms with Crippen LogP contribution >= 0.6 is 24.0 Å². The molecule has 1 atom stereocenters. The maximum atomic E-state index is 10.3. The highest BCUT2D eigenvalue weighted by Gasteiger charge is 2.25. The molecule has 1 unspecified atom stereocenters. The minimum Gasteiger partial charge on any atom is -0.465 e. The number of carbonyl (C=O) groups is 1. The van der Waals surface area contributed by atoms with E-state index in [-0.39, 0.29) is 12.4 Å². The van der Waals surface area contributed by atoms with E-state index in [1.807, 2.05) is 13.8 Å². The first-order valence-corrected chi connectivity index (χ1v) is 4.12. The normalized spacial score (nSPS) is 14.2. The third-order valence-corrected chi connectivity index (χ3v) is 2.09. The zero-order chi connectivity index (χ0) is 8.91. The standard InChI is InChI=1S/C7H14ClNO2.ClH/c1-3-5-7(8,4-2)9-6(10)11;/h9H,3-5H2,1-2H3,(H,10,11);1H. The summed E-state index contributed by atoms with van der Waals surface area (Å²) >= 11 is 5.93. The first-order chi connectivity index (χ1) is 5.04. The number of rotatable bonds is 4. The van der Waals surface area contributed by atoms with E-state index >= 15 is 0 Å². The predicted octanol–water partition coefficient (Wildman–Crippen LogP) is 2.82. The lowest BCUT2D eigenvalue weighted by Crippen LogP contribution is -2.42. The van der Waals surface area contributed by atoms with Gasteiger partial charge in [0, 0.05) is 0 Å². The largest absolute Gasteiger partial charge is 0.465 e. The van der Waals surface area contributed by atoms with Crippen molar-refractivity contribution in [2.75, 3.05) is 0 Å². The van der Waals surface area contributed by atoms with Gasteiger partial charge in [-0.2, -0.15) is 0 Å². The van der Waals surface area contributed by atoms with Crippen molar-refractivity contribution in [3.05, 3.63) is 0 Å². The number of carboxylic acid groups (broad SMARTS) is 1. The van der Waals surface area contributed by atoms with Gasteiger partial charge in [-0.3, -0.25) is 0 Å². The highest BCUT2D eigenvalue weighted by Crippen LogP contribution is 2.21. The maximum Gasteiger partial charge on any atom is 0.406 e. The molecule has 0 rings (SSSR count). The Hall–Kier alpha value is -0.150. The van der Waals surface area contributed by atoms with Gasteiger partial charge in [0.15, 0.2) is 0 Å². The van der Waals surface area contributed by atoms with Crippen molar-refractivity contribution in [1.82, 2.24) is 5.32 Å². The smallest absolute Gasteiger partial charge is 0.406 e. The molecule has 0 radical (unpaired) electrons. The third kappa shape index (κ3) is 5.49. The molecule has 1 amide bonds. The summed E-state index contributed by atoms with van der Waals surface area (Å²) in [6.45, 7) is 3.83. The average molecular weight is 216 g/mol. The van der Waals surface area contributed by atoms with Gasteiger partial charge in [-0.15, -0.1) is 12.4 Å². The molecule has 0 aliphatic heterocycles. The third-order valence-electron chi connectivity index (χ3n) is 1.54. The summed E-state index contributed by atoms with van der Waals surface area (Å²) in [5.74, 6) is 0. The molecular formula is C7H15Cl2NO2. The summed E-state index contributed by atoms with van der Waals surface area (Å²) in [5, 5.41) is 10.7. The number of alkyl halides is 1. The molecule has 0 saturated heterocycles. The maximum absolute atomic E-state index is 10.3. The zero-order valence-corrected chi connectivity index (χ0v) is 8.84. The monoisotopic (exact) mass is 215 g/mol.